The normalized spacial score (nSPS) is 15.8. The number of hydrogen-bond donors (Lipinski definition) is 1. The summed E-state index contributed by atoms with van der Waals surface area (Å²) in [7, 11) is 0. The van der Waals surface area contributed by atoms with Crippen LogP contribution >= 0.6 is 0 Å². The van der Waals surface area contributed by atoms with Crippen molar-refractivity contribution < 1.29 is 28.7 Å². The van der Waals surface area contributed by atoms with E-state index in [9.17, 15) is 19.2 Å². The highest BCUT2D eigenvalue weighted by molar-refractivity contribution is 6.40. The summed E-state index contributed by atoms with van der Waals surface area (Å²) in [4.78, 5) is 48.6. The fraction of sp³-hybridized carbons (Fsp3) is 0.455. The Morgan fingerprint density at radius 1 is 1.03 bits per heavy atom. The van der Waals surface area contributed by atoms with Gasteiger partial charge in [0.2, 0.25) is 0 Å². The largest absolute Gasteiger partial charge is 0.432 e. The quantitative estimate of drug-likeness (QED) is 0.129. The average molecular weight is 401 g/mol. The first-order chi connectivity index (χ1) is 13.9. The van der Waals surface area contributed by atoms with E-state index in [0.717, 1.165) is 12.8 Å². The summed E-state index contributed by atoms with van der Waals surface area (Å²) in [6.45, 7) is 5.86. The summed E-state index contributed by atoms with van der Waals surface area (Å²) in [6.07, 6.45) is 3.76. The topological polar surface area (TPSA) is 98.8 Å². The Labute approximate surface area is 170 Å². The van der Waals surface area contributed by atoms with E-state index in [0.29, 0.717) is 25.1 Å². The predicted octanol–water partition coefficient (Wildman–Crippen LogP) is 3.44. The maximum atomic E-state index is 12.5. The number of carbonyl (C=O) groups is 4. The Hall–Kier alpha value is -2.80. The first kappa shape index (κ1) is 22.5. The first-order valence-corrected chi connectivity index (χ1v) is 9.78. The monoisotopic (exact) mass is 401 g/mol. The Bertz CT molecular complexity index is 783. The molecule has 7 heteroatoms. The highest BCUT2D eigenvalue weighted by atomic mass is 16.7. The average Bonchev–Trinajstić information content (AvgIpc) is 2.73. The standard InChI is InChI=1S/C22H27NO6/c1-4-22(5-2)11-18(24)17(19(25)12-22)13-23-16-9-7-15(8-10-16)20(26)21(27)29-14-28-6-3/h7-10,13,23H,4-6,11-12,14H2,1-3H3. The number of allylic oxidation sites excluding steroid dienone is 1. The lowest BCUT2D eigenvalue weighted by molar-refractivity contribution is -0.150. The van der Waals surface area contributed by atoms with E-state index in [1.165, 1.54) is 18.3 Å². The molecule has 0 atom stereocenters. The molecule has 0 unspecified atom stereocenters. The lowest BCUT2D eigenvalue weighted by Gasteiger charge is -2.34. The molecule has 0 radical (unpaired) electrons. The first-order valence-electron chi connectivity index (χ1n) is 9.78. The molecule has 0 spiro atoms. The number of ether oxygens (including phenoxy) is 2. The molecule has 0 aliphatic heterocycles. The van der Waals surface area contributed by atoms with Gasteiger partial charge in [0.1, 0.15) is 0 Å². The zero-order valence-electron chi connectivity index (χ0n) is 17.1. The molecule has 0 saturated heterocycles. The highest BCUT2D eigenvalue weighted by Gasteiger charge is 2.39. The van der Waals surface area contributed by atoms with Gasteiger partial charge >= 0.3 is 5.97 Å². The molecule has 1 saturated carbocycles. The number of anilines is 1. The minimum absolute atomic E-state index is 0.152. The molecule has 7 nitrogen and oxygen atoms in total. The highest BCUT2D eigenvalue weighted by Crippen LogP contribution is 2.40. The van der Waals surface area contributed by atoms with Crippen LogP contribution in [0.15, 0.2) is 36.0 Å². The zero-order chi connectivity index (χ0) is 21.4. The minimum atomic E-state index is -0.991. The van der Waals surface area contributed by atoms with Crippen molar-refractivity contribution in [1.29, 1.82) is 0 Å². The number of carbonyl (C=O) groups excluding carboxylic acids is 4. The summed E-state index contributed by atoms with van der Waals surface area (Å²) in [5.74, 6) is -2.07. The number of ketones is 3. The van der Waals surface area contributed by atoms with Crippen molar-refractivity contribution in [1.82, 2.24) is 0 Å². The van der Waals surface area contributed by atoms with Crippen molar-refractivity contribution in [3.63, 3.8) is 0 Å². The summed E-state index contributed by atoms with van der Waals surface area (Å²) >= 11 is 0. The fourth-order valence-electron chi connectivity index (χ4n) is 3.24. The van der Waals surface area contributed by atoms with Crippen molar-refractivity contribution in [3.8, 4) is 0 Å². The number of hydrogen-bond acceptors (Lipinski definition) is 7. The van der Waals surface area contributed by atoms with Crippen LogP contribution in [0.4, 0.5) is 5.69 Å². The van der Waals surface area contributed by atoms with Gasteiger partial charge in [0.25, 0.3) is 5.78 Å². The van der Waals surface area contributed by atoms with Crippen LogP contribution in [0.1, 0.15) is 56.8 Å². The van der Waals surface area contributed by atoms with Crippen molar-refractivity contribution in [2.75, 3.05) is 18.7 Å². The summed E-state index contributed by atoms with van der Waals surface area (Å²) < 4.78 is 9.58. The van der Waals surface area contributed by atoms with Gasteiger partial charge in [-0.1, -0.05) is 13.8 Å². The fourth-order valence-corrected chi connectivity index (χ4v) is 3.24. The van der Waals surface area contributed by atoms with Crippen molar-refractivity contribution >= 4 is 29.0 Å². The van der Waals surface area contributed by atoms with Crippen molar-refractivity contribution in [3.05, 3.63) is 41.6 Å². The molecule has 29 heavy (non-hydrogen) atoms. The summed E-state index contributed by atoms with van der Waals surface area (Å²) in [6, 6.07) is 6.10. The van der Waals surface area contributed by atoms with Gasteiger partial charge in [-0.3, -0.25) is 14.4 Å². The third kappa shape index (κ3) is 5.60. The Kier molecular flexibility index (Phi) is 7.84. The lowest BCUT2D eigenvalue weighted by atomic mass is 9.68. The van der Waals surface area contributed by atoms with Gasteiger partial charge in [-0.25, -0.2) is 4.79 Å². The second kappa shape index (κ2) is 10.1. The molecule has 0 bridgehead atoms. The van der Waals surface area contributed by atoms with E-state index in [1.807, 2.05) is 13.8 Å². The van der Waals surface area contributed by atoms with Crippen LogP contribution in [0, 0.1) is 5.41 Å². The number of benzene rings is 1. The number of nitrogens with one attached hydrogen (secondary N) is 1. The van der Waals surface area contributed by atoms with Crippen molar-refractivity contribution in [2.45, 2.75) is 46.5 Å². The number of Topliss-reactive ketones (excluding diaryl/α,β-unsaturated/α-hetero) is 3. The molecule has 1 aromatic carbocycles. The molecule has 1 aliphatic rings. The van der Waals surface area contributed by atoms with E-state index in [2.05, 4.69) is 5.32 Å². The lowest BCUT2D eigenvalue weighted by Crippen LogP contribution is -2.35. The molecule has 156 valence electrons. The molecular weight excluding hydrogens is 374 g/mol. The van der Waals surface area contributed by atoms with Gasteiger partial charge in [0.05, 0.1) is 5.57 Å². The van der Waals surface area contributed by atoms with Gasteiger partial charge in [-0.2, -0.15) is 0 Å². The van der Waals surface area contributed by atoms with E-state index >= 15 is 0 Å². The molecule has 0 amide bonds. The van der Waals surface area contributed by atoms with Crippen molar-refractivity contribution in [2.24, 2.45) is 5.41 Å². The minimum Gasteiger partial charge on any atom is -0.432 e. The Morgan fingerprint density at radius 3 is 2.14 bits per heavy atom. The van der Waals surface area contributed by atoms with Crippen LogP contribution in [-0.4, -0.2) is 36.7 Å². The van der Waals surface area contributed by atoms with Crippen LogP contribution in [0.25, 0.3) is 0 Å². The molecule has 2 rings (SSSR count). The van der Waals surface area contributed by atoms with Gasteiger partial charge in [0.15, 0.2) is 18.4 Å². The molecule has 0 heterocycles. The molecule has 1 aliphatic carbocycles. The number of esters is 1. The second-order valence-corrected chi connectivity index (χ2v) is 7.06. The maximum Gasteiger partial charge on any atom is 0.381 e. The van der Waals surface area contributed by atoms with E-state index in [-0.39, 0.29) is 34.9 Å². The Morgan fingerprint density at radius 2 is 1.62 bits per heavy atom. The third-order valence-corrected chi connectivity index (χ3v) is 5.37. The van der Waals surface area contributed by atoms with Crippen LogP contribution in [0.2, 0.25) is 0 Å². The molecule has 1 aromatic rings. The molecule has 1 fully saturated rings. The summed E-state index contributed by atoms with van der Waals surface area (Å²) in [5.41, 5.74) is 0.692. The van der Waals surface area contributed by atoms with E-state index < -0.39 is 11.8 Å². The van der Waals surface area contributed by atoms with Gasteiger partial charge < -0.3 is 14.8 Å². The van der Waals surface area contributed by atoms with Crippen LogP contribution in [0.5, 0.6) is 0 Å². The van der Waals surface area contributed by atoms with Gasteiger partial charge in [-0.05, 0) is 49.4 Å². The number of rotatable bonds is 9. The predicted molar refractivity (Wildman–Crippen MR) is 107 cm³/mol. The van der Waals surface area contributed by atoms with Crippen LogP contribution in [-0.2, 0) is 23.9 Å². The molecular formula is C22H27NO6. The van der Waals surface area contributed by atoms with E-state index in [1.54, 1.807) is 19.1 Å². The second-order valence-electron chi connectivity index (χ2n) is 7.06. The van der Waals surface area contributed by atoms with E-state index in [4.69, 9.17) is 9.47 Å². The summed E-state index contributed by atoms with van der Waals surface area (Å²) in [5, 5.41) is 2.92. The molecule has 1 N–H and O–H groups in total. The van der Waals surface area contributed by atoms with Gasteiger partial charge in [0, 0.05) is 36.9 Å². The van der Waals surface area contributed by atoms with Crippen LogP contribution in [0.3, 0.4) is 0 Å². The zero-order valence-corrected chi connectivity index (χ0v) is 17.1. The van der Waals surface area contributed by atoms with Gasteiger partial charge in [-0.15, -0.1) is 0 Å². The molecule has 0 aromatic heterocycles. The maximum absolute atomic E-state index is 12.5. The van der Waals surface area contributed by atoms with Crippen LogP contribution < -0.4 is 5.32 Å². The SMILES string of the molecule is CCOCOC(=O)C(=O)c1ccc(NC=C2C(=O)CC(CC)(CC)CC2=O)cc1. The smallest absolute Gasteiger partial charge is 0.381 e. The third-order valence-electron chi connectivity index (χ3n) is 5.37. The Balaban J connectivity index is 2.01.